The number of halogens is 4. The molecule has 0 aliphatic rings. The topological polar surface area (TPSA) is 77.9 Å². The van der Waals surface area contributed by atoms with Gasteiger partial charge in [-0.3, -0.25) is 4.79 Å². The Hall–Kier alpha value is -2.28. The Labute approximate surface area is 104 Å². The number of nitrogens with one attached hydrogen (secondary N) is 1. The van der Waals surface area contributed by atoms with E-state index in [1.54, 1.807) is 6.92 Å². The van der Waals surface area contributed by atoms with Crippen LogP contribution in [0.3, 0.4) is 0 Å². The molecule has 0 bridgehead atoms. The van der Waals surface area contributed by atoms with Crippen molar-refractivity contribution in [2.75, 3.05) is 6.54 Å². The molecule has 0 fully saturated rings. The lowest BCUT2D eigenvalue weighted by molar-refractivity contribution is 0.0943. The van der Waals surface area contributed by atoms with Crippen LogP contribution >= 0.6 is 0 Å². The minimum Gasteiger partial charge on any atom is -0.352 e. The fraction of sp³-hybridized carbons (Fsp3) is 0.300. The van der Waals surface area contributed by atoms with E-state index in [2.05, 4.69) is 10.4 Å². The Morgan fingerprint density at radius 1 is 1.21 bits per heavy atom. The second-order valence-electron chi connectivity index (χ2n) is 3.42. The van der Waals surface area contributed by atoms with Gasteiger partial charge in [0.1, 0.15) is 11.3 Å². The van der Waals surface area contributed by atoms with E-state index in [1.807, 2.05) is 4.91 Å². The molecule has 0 aliphatic carbocycles. The van der Waals surface area contributed by atoms with Gasteiger partial charge in [0, 0.05) is 11.5 Å². The number of amides is 1. The van der Waals surface area contributed by atoms with Gasteiger partial charge in [-0.05, 0) is 12.0 Å². The van der Waals surface area contributed by atoms with Crippen molar-refractivity contribution in [2.45, 2.75) is 13.3 Å². The third-order valence-electron chi connectivity index (χ3n) is 2.15. The zero-order valence-corrected chi connectivity index (χ0v) is 9.68. The molecule has 0 unspecified atom stereocenters. The Bertz CT molecular complexity index is 540. The molecular weight excluding hydrogens is 268 g/mol. The summed E-state index contributed by atoms with van der Waals surface area (Å²) in [5, 5.41) is 4.59. The monoisotopic (exact) mass is 276 g/mol. The Kier molecular flexibility index (Phi) is 4.71. The van der Waals surface area contributed by atoms with Crippen LogP contribution in [-0.4, -0.2) is 12.5 Å². The number of rotatable bonds is 4. The zero-order chi connectivity index (χ0) is 14.6. The van der Waals surface area contributed by atoms with Crippen molar-refractivity contribution in [3.63, 3.8) is 0 Å². The maximum atomic E-state index is 13.5. The molecule has 0 spiro atoms. The van der Waals surface area contributed by atoms with E-state index in [-0.39, 0.29) is 6.54 Å². The van der Waals surface area contributed by atoms with Crippen LogP contribution in [0.25, 0.3) is 10.4 Å². The molecule has 1 amide bonds. The van der Waals surface area contributed by atoms with Crippen LogP contribution in [0.15, 0.2) is 5.11 Å². The number of hydrogen-bond acceptors (Lipinski definition) is 2. The first kappa shape index (κ1) is 14.8. The van der Waals surface area contributed by atoms with Crippen LogP contribution in [0.4, 0.5) is 23.2 Å². The molecule has 0 saturated heterocycles. The van der Waals surface area contributed by atoms with E-state index in [9.17, 15) is 22.4 Å². The summed E-state index contributed by atoms with van der Waals surface area (Å²) >= 11 is 0. The Morgan fingerprint density at radius 2 is 1.74 bits per heavy atom. The van der Waals surface area contributed by atoms with Gasteiger partial charge >= 0.3 is 0 Å². The molecule has 1 rings (SSSR count). The maximum Gasteiger partial charge on any atom is 0.257 e. The minimum atomic E-state index is -1.92. The zero-order valence-electron chi connectivity index (χ0n) is 9.68. The van der Waals surface area contributed by atoms with Crippen LogP contribution in [0.5, 0.6) is 0 Å². The normalized spacial score (nSPS) is 9.95. The maximum absolute atomic E-state index is 13.5. The first-order valence-corrected chi connectivity index (χ1v) is 5.14. The van der Waals surface area contributed by atoms with E-state index in [0.29, 0.717) is 6.42 Å². The molecular formula is C10H8F4N4O. The number of hydrogen-bond donors (Lipinski definition) is 1. The van der Waals surface area contributed by atoms with Crippen molar-refractivity contribution in [2.24, 2.45) is 5.11 Å². The highest BCUT2D eigenvalue weighted by Gasteiger charge is 2.28. The molecule has 9 heteroatoms. The smallest absolute Gasteiger partial charge is 0.257 e. The fourth-order valence-corrected chi connectivity index (χ4v) is 1.28. The predicted octanol–water partition coefficient (Wildman–Crippen LogP) is 3.32. The molecule has 0 radical (unpaired) electrons. The number of carbonyl (C=O) groups is 1. The summed E-state index contributed by atoms with van der Waals surface area (Å²) in [6, 6.07) is 0. The summed E-state index contributed by atoms with van der Waals surface area (Å²) in [7, 11) is 0. The lowest BCUT2D eigenvalue weighted by Crippen LogP contribution is -2.27. The van der Waals surface area contributed by atoms with E-state index >= 15 is 0 Å². The van der Waals surface area contributed by atoms with E-state index in [0.717, 1.165) is 0 Å². The van der Waals surface area contributed by atoms with Gasteiger partial charge in [-0.1, -0.05) is 12.0 Å². The Balaban J connectivity index is 3.43. The average molecular weight is 276 g/mol. The third kappa shape index (κ3) is 2.76. The predicted molar refractivity (Wildman–Crippen MR) is 57.7 cm³/mol. The van der Waals surface area contributed by atoms with Crippen molar-refractivity contribution in [1.82, 2.24) is 5.32 Å². The van der Waals surface area contributed by atoms with Crippen molar-refractivity contribution in [1.29, 1.82) is 0 Å². The van der Waals surface area contributed by atoms with E-state index < -0.39 is 40.4 Å². The number of azide groups is 1. The minimum absolute atomic E-state index is 0.0824. The molecule has 0 aromatic heterocycles. The lowest BCUT2D eigenvalue weighted by Gasteiger charge is -2.09. The van der Waals surface area contributed by atoms with Crippen molar-refractivity contribution in [3.8, 4) is 0 Å². The summed E-state index contributed by atoms with van der Waals surface area (Å²) in [4.78, 5) is 13.4. The summed E-state index contributed by atoms with van der Waals surface area (Å²) in [5.41, 5.74) is 5.20. The molecule has 19 heavy (non-hydrogen) atoms. The standard InChI is InChI=1S/C10H8F4N4O/c1-2-3-16-10(19)4-5(11)7(13)9(17-18-15)8(14)6(4)12/h2-3H2,1H3,(H,16,19). The summed E-state index contributed by atoms with van der Waals surface area (Å²) in [6.45, 7) is 1.76. The van der Waals surface area contributed by atoms with Crippen molar-refractivity contribution in [3.05, 3.63) is 39.3 Å². The molecule has 5 nitrogen and oxygen atoms in total. The first-order chi connectivity index (χ1) is 8.95. The van der Waals surface area contributed by atoms with Gasteiger partial charge < -0.3 is 5.32 Å². The van der Waals surface area contributed by atoms with Gasteiger partial charge in [-0.25, -0.2) is 17.6 Å². The highest BCUT2D eigenvalue weighted by molar-refractivity contribution is 5.95. The molecule has 0 heterocycles. The van der Waals surface area contributed by atoms with Crippen LogP contribution in [0.2, 0.25) is 0 Å². The highest BCUT2D eigenvalue weighted by atomic mass is 19.2. The Morgan fingerprint density at radius 3 is 2.16 bits per heavy atom. The molecule has 1 aromatic carbocycles. The quantitative estimate of drug-likeness (QED) is 0.296. The second-order valence-corrected chi connectivity index (χ2v) is 3.42. The number of nitrogens with zero attached hydrogens (tertiary/aromatic N) is 3. The number of carbonyl (C=O) groups excluding carboxylic acids is 1. The van der Waals surface area contributed by atoms with Crippen LogP contribution < -0.4 is 5.32 Å². The van der Waals surface area contributed by atoms with Crippen LogP contribution in [0.1, 0.15) is 23.7 Å². The van der Waals surface area contributed by atoms with Crippen molar-refractivity contribution >= 4 is 11.6 Å². The molecule has 0 saturated carbocycles. The third-order valence-corrected chi connectivity index (χ3v) is 2.15. The van der Waals surface area contributed by atoms with Crippen molar-refractivity contribution < 1.29 is 22.4 Å². The van der Waals surface area contributed by atoms with Gasteiger partial charge in [0.2, 0.25) is 0 Å². The van der Waals surface area contributed by atoms with Gasteiger partial charge in [0.05, 0.1) is 0 Å². The van der Waals surface area contributed by atoms with Crippen LogP contribution in [0, 0.1) is 23.3 Å². The van der Waals surface area contributed by atoms with Gasteiger partial charge in [-0.2, -0.15) is 0 Å². The number of benzene rings is 1. The van der Waals surface area contributed by atoms with Gasteiger partial charge in [0.25, 0.3) is 5.91 Å². The van der Waals surface area contributed by atoms with Gasteiger partial charge in [-0.15, -0.1) is 0 Å². The average Bonchev–Trinajstić information content (AvgIpc) is 2.39. The van der Waals surface area contributed by atoms with E-state index in [1.165, 1.54) is 0 Å². The largest absolute Gasteiger partial charge is 0.352 e. The lowest BCUT2D eigenvalue weighted by atomic mass is 10.1. The van der Waals surface area contributed by atoms with E-state index in [4.69, 9.17) is 5.53 Å². The molecule has 1 N–H and O–H groups in total. The SMILES string of the molecule is CCCNC(=O)c1c(F)c(F)c(N=[N+]=[N-])c(F)c1F. The molecule has 0 atom stereocenters. The molecule has 102 valence electrons. The summed E-state index contributed by atoms with van der Waals surface area (Å²) in [5.74, 6) is -8.94. The molecule has 0 aliphatic heterocycles. The highest BCUT2D eigenvalue weighted by Crippen LogP contribution is 2.30. The second kappa shape index (κ2) is 6.05. The first-order valence-electron chi connectivity index (χ1n) is 5.14. The van der Waals surface area contributed by atoms with Crippen LogP contribution in [-0.2, 0) is 0 Å². The summed E-state index contributed by atoms with van der Waals surface area (Å²) in [6.07, 6.45) is 0.469. The van der Waals surface area contributed by atoms with Gasteiger partial charge in [0.15, 0.2) is 23.3 Å². The molecule has 1 aromatic rings. The summed E-state index contributed by atoms with van der Waals surface area (Å²) < 4.78 is 53.6. The fourth-order valence-electron chi connectivity index (χ4n) is 1.28.